The number of hydrogen-bond donors (Lipinski definition) is 0. The summed E-state index contributed by atoms with van der Waals surface area (Å²) >= 11 is 0. The molecule has 0 bridgehead atoms. The number of fused-ring (bicyclic) bond motifs is 14. The van der Waals surface area contributed by atoms with Crippen LogP contribution in [0, 0.1) is 0 Å². The smallest absolute Gasteiger partial charge is 0.160 e. The van der Waals surface area contributed by atoms with Gasteiger partial charge in [0.15, 0.2) is 11.2 Å². The molecule has 0 amide bonds. The molecule has 12 aromatic rings. The molecule has 242 valence electrons. The van der Waals surface area contributed by atoms with Crippen LogP contribution >= 0.6 is 0 Å². The number of aromatic nitrogens is 4. The van der Waals surface area contributed by atoms with Crippen molar-refractivity contribution in [2.45, 2.75) is 0 Å². The van der Waals surface area contributed by atoms with Gasteiger partial charge in [-0.25, -0.2) is 4.98 Å². The third-order valence-corrected chi connectivity index (χ3v) is 10.6. The minimum atomic E-state index is 0.803. The number of para-hydroxylation sites is 4. The zero-order valence-corrected chi connectivity index (χ0v) is 27.6. The Labute approximate surface area is 295 Å². The van der Waals surface area contributed by atoms with E-state index in [1.54, 1.807) is 0 Å². The summed E-state index contributed by atoms with van der Waals surface area (Å²) in [5, 5.41) is 9.01. The quantitative estimate of drug-likeness (QED) is 0.188. The molecule has 6 heteroatoms. The molecule has 0 fully saturated rings. The van der Waals surface area contributed by atoms with Gasteiger partial charge in [-0.05, 0) is 60.7 Å². The van der Waals surface area contributed by atoms with Crippen molar-refractivity contribution in [1.82, 2.24) is 19.1 Å². The summed E-state index contributed by atoms with van der Waals surface area (Å²) in [6, 6.07) is 50.6. The molecule has 52 heavy (non-hydrogen) atoms. The Morgan fingerprint density at radius 3 is 1.58 bits per heavy atom. The molecule has 0 unspecified atom stereocenters. The largest absolute Gasteiger partial charge is 0.454 e. The van der Waals surface area contributed by atoms with E-state index in [9.17, 15) is 0 Å². The first-order chi connectivity index (χ1) is 25.8. The predicted octanol–water partition coefficient (Wildman–Crippen LogP) is 12.1. The van der Waals surface area contributed by atoms with E-state index < -0.39 is 0 Å². The summed E-state index contributed by atoms with van der Waals surface area (Å²) < 4.78 is 17.6. The van der Waals surface area contributed by atoms with E-state index in [1.165, 1.54) is 5.39 Å². The zero-order valence-electron chi connectivity index (χ0n) is 27.6. The third kappa shape index (κ3) is 3.67. The lowest BCUT2D eigenvalue weighted by Crippen LogP contribution is -1.99. The fraction of sp³-hybridized carbons (Fsp3) is 0. The van der Waals surface area contributed by atoms with Crippen molar-refractivity contribution in [2.24, 2.45) is 0 Å². The summed E-state index contributed by atoms with van der Waals surface area (Å²) in [4.78, 5) is 9.98. The molecule has 6 aromatic heterocycles. The predicted molar refractivity (Wildman–Crippen MR) is 211 cm³/mol. The molecule has 0 saturated carbocycles. The second-order valence-electron chi connectivity index (χ2n) is 13.4. The number of nitrogens with zero attached hydrogens (tertiary/aromatic N) is 4. The molecule has 0 radical (unpaired) electrons. The monoisotopic (exact) mass is 666 g/mol. The van der Waals surface area contributed by atoms with Gasteiger partial charge in [-0.1, -0.05) is 84.9 Å². The Bertz CT molecular complexity index is 3410. The van der Waals surface area contributed by atoms with Crippen LogP contribution in [0.15, 0.2) is 167 Å². The van der Waals surface area contributed by atoms with Crippen molar-refractivity contribution in [3.63, 3.8) is 0 Å². The minimum absolute atomic E-state index is 0.803. The van der Waals surface area contributed by atoms with Crippen molar-refractivity contribution >= 4 is 87.5 Å². The highest BCUT2D eigenvalue weighted by molar-refractivity contribution is 6.22. The Hall–Kier alpha value is -7.18. The zero-order chi connectivity index (χ0) is 33.9. The maximum Gasteiger partial charge on any atom is 0.160 e. The van der Waals surface area contributed by atoms with Gasteiger partial charge >= 0.3 is 0 Å². The highest BCUT2D eigenvalue weighted by atomic mass is 16.3. The SMILES string of the molecule is c1ccc2c(c1)oc1c2ccc2c3ccccc3n(-c3ccc(-c4ccnc(-n5c6ccccc6c6ccc7c8ccccc8oc7c65)c4)nc3)c21. The number of hydrogen-bond acceptors (Lipinski definition) is 4. The number of furan rings is 2. The highest BCUT2D eigenvalue weighted by Crippen LogP contribution is 2.42. The fourth-order valence-corrected chi connectivity index (χ4v) is 8.36. The summed E-state index contributed by atoms with van der Waals surface area (Å²) in [7, 11) is 0. The lowest BCUT2D eigenvalue weighted by Gasteiger charge is -2.11. The molecule has 6 heterocycles. The summed E-state index contributed by atoms with van der Waals surface area (Å²) in [6.45, 7) is 0. The van der Waals surface area contributed by atoms with Crippen LogP contribution in [-0.2, 0) is 0 Å². The molecule has 0 aliphatic rings. The lowest BCUT2D eigenvalue weighted by atomic mass is 10.1. The minimum Gasteiger partial charge on any atom is -0.454 e. The van der Waals surface area contributed by atoms with Gasteiger partial charge in [0, 0.05) is 54.9 Å². The van der Waals surface area contributed by atoms with Crippen molar-refractivity contribution < 1.29 is 8.83 Å². The van der Waals surface area contributed by atoms with Crippen LogP contribution in [0.25, 0.3) is 110 Å². The topological polar surface area (TPSA) is 61.9 Å². The van der Waals surface area contributed by atoms with Gasteiger partial charge in [0.1, 0.15) is 17.0 Å². The average molecular weight is 667 g/mol. The van der Waals surface area contributed by atoms with Gasteiger partial charge in [-0.3, -0.25) is 9.55 Å². The van der Waals surface area contributed by atoms with E-state index >= 15 is 0 Å². The van der Waals surface area contributed by atoms with Crippen LogP contribution in [0.3, 0.4) is 0 Å². The molecular weight excluding hydrogens is 641 g/mol. The van der Waals surface area contributed by atoms with Gasteiger partial charge in [0.2, 0.25) is 0 Å². The Balaban J connectivity index is 1.04. The van der Waals surface area contributed by atoms with Gasteiger partial charge in [-0.2, -0.15) is 0 Å². The van der Waals surface area contributed by atoms with Crippen molar-refractivity contribution in [3.05, 3.63) is 158 Å². The van der Waals surface area contributed by atoms with Gasteiger partial charge in [0.05, 0.1) is 39.6 Å². The van der Waals surface area contributed by atoms with Crippen molar-refractivity contribution in [3.8, 4) is 22.8 Å². The van der Waals surface area contributed by atoms with Crippen LogP contribution in [0.5, 0.6) is 0 Å². The van der Waals surface area contributed by atoms with E-state index in [0.29, 0.717) is 0 Å². The molecule has 0 saturated heterocycles. The molecule has 0 aliphatic carbocycles. The second kappa shape index (κ2) is 10.2. The Morgan fingerprint density at radius 1 is 0.423 bits per heavy atom. The molecule has 0 spiro atoms. The second-order valence-corrected chi connectivity index (χ2v) is 13.4. The maximum absolute atomic E-state index is 6.56. The first kappa shape index (κ1) is 27.6. The first-order valence-corrected chi connectivity index (χ1v) is 17.4. The van der Waals surface area contributed by atoms with Crippen LogP contribution in [0.2, 0.25) is 0 Å². The maximum atomic E-state index is 6.56. The van der Waals surface area contributed by atoms with Crippen molar-refractivity contribution in [1.29, 1.82) is 0 Å². The molecule has 6 aromatic carbocycles. The Kier molecular flexibility index (Phi) is 5.41. The molecular formula is C46H26N4O2. The van der Waals surface area contributed by atoms with E-state index in [0.717, 1.165) is 105 Å². The Morgan fingerprint density at radius 2 is 0.962 bits per heavy atom. The molecule has 6 nitrogen and oxygen atoms in total. The van der Waals surface area contributed by atoms with E-state index in [-0.39, 0.29) is 0 Å². The first-order valence-electron chi connectivity index (χ1n) is 17.4. The molecule has 0 N–H and O–H groups in total. The standard InChI is InChI=1S/C46H26N4O2/c1-5-13-38-29(9-1)33-18-20-35-31-11-3-7-15-40(31)51-45(35)43(33)49(38)28-17-22-37(48-26-28)27-23-24-47-42(25-27)50-39-14-6-2-10-30(39)34-19-21-36-32-12-4-8-16-41(32)52-46(36)44(34)50/h1-26H. The number of rotatable bonds is 3. The highest BCUT2D eigenvalue weighted by Gasteiger charge is 2.21. The van der Waals surface area contributed by atoms with Crippen LogP contribution < -0.4 is 0 Å². The van der Waals surface area contributed by atoms with Gasteiger partial charge in [0.25, 0.3) is 0 Å². The number of pyridine rings is 2. The summed E-state index contributed by atoms with van der Waals surface area (Å²) in [6.07, 6.45) is 3.83. The molecule has 0 aliphatic heterocycles. The van der Waals surface area contributed by atoms with Crippen molar-refractivity contribution in [2.75, 3.05) is 0 Å². The normalized spacial score (nSPS) is 12.2. The molecule has 0 atom stereocenters. The van der Waals surface area contributed by atoms with E-state index in [2.05, 4.69) is 124 Å². The average Bonchev–Trinajstić information content (AvgIpc) is 3.96. The third-order valence-electron chi connectivity index (χ3n) is 10.6. The van der Waals surface area contributed by atoms with E-state index in [4.69, 9.17) is 18.8 Å². The van der Waals surface area contributed by atoms with Crippen LogP contribution in [0.4, 0.5) is 0 Å². The lowest BCUT2D eigenvalue weighted by molar-refractivity contribution is 0.670. The van der Waals surface area contributed by atoms with Crippen LogP contribution in [-0.4, -0.2) is 19.1 Å². The number of benzene rings is 6. The molecule has 12 rings (SSSR count). The summed E-state index contributed by atoms with van der Waals surface area (Å²) in [5.74, 6) is 0.803. The van der Waals surface area contributed by atoms with E-state index in [1.807, 2.05) is 42.7 Å². The van der Waals surface area contributed by atoms with Crippen LogP contribution in [0.1, 0.15) is 0 Å². The fourth-order valence-electron chi connectivity index (χ4n) is 8.36. The summed E-state index contributed by atoms with van der Waals surface area (Å²) in [5.41, 5.74) is 10.5. The van der Waals surface area contributed by atoms with Gasteiger partial charge in [-0.15, -0.1) is 0 Å². The van der Waals surface area contributed by atoms with Gasteiger partial charge < -0.3 is 13.4 Å².